The van der Waals surface area contributed by atoms with E-state index in [1.54, 1.807) is 18.2 Å². The van der Waals surface area contributed by atoms with Gasteiger partial charge in [0.1, 0.15) is 0 Å². The van der Waals surface area contributed by atoms with Gasteiger partial charge < -0.3 is 15.7 Å². The second-order valence-corrected chi connectivity index (χ2v) is 5.46. The quantitative estimate of drug-likeness (QED) is 0.751. The molecule has 1 heterocycles. The van der Waals surface area contributed by atoms with Crippen LogP contribution in [0.4, 0.5) is 5.69 Å². The Morgan fingerprint density at radius 2 is 2.39 bits per heavy atom. The predicted molar refractivity (Wildman–Crippen MR) is 74.6 cm³/mol. The van der Waals surface area contributed by atoms with E-state index >= 15 is 0 Å². The smallest absolute Gasteiger partial charge is 0.224 e. The van der Waals surface area contributed by atoms with Crippen molar-refractivity contribution >= 4 is 27.5 Å². The molecule has 18 heavy (non-hydrogen) atoms. The van der Waals surface area contributed by atoms with Gasteiger partial charge in [-0.25, -0.2) is 0 Å². The number of aromatic hydroxyl groups is 1. The fourth-order valence-corrected chi connectivity index (χ4v) is 2.54. The van der Waals surface area contributed by atoms with Gasteiger partial charge in [0.05, 0.1) is 10.2 Å². The number of nitrogens with one attached hydrogen (secondary N) is 2. The van der Waals surface area contributed by atoms with Gasteiger partial charge in [0.25, 0.3) is 0 Å². The molecule has 4 nitrogen and oxygen atoms in total. The first kappa shape index (κ1) is 13.4. The number of anilines is 1. The monoisotopic (exact) mass is 312 g/mol. The summed E-state index contributed by atoms with van der Waals surface area (Å²) in [4.78, 5) is 11.9. The summed E-state index contributed by atoms with van der Waals surface area (Å²) in [6, 6.07) is 5.20. The summed E-state index contributed by atoms with van der Waals surface area (Å²) in [5, 5.41) is 15.8. The highest BCUT2D eigenvalue weighted by atomic mass is 79.9. The molecule has 0 spiro atoms. The van der Waals surface area contributed by atoms with Gasteiger partial charge >= 0.3 is 0 Å². The highest BCUT2D eigenvalue weighted by Gasteiger charge is 2.17. The van der Waals surface area contributed by atoms with Gasteiger partial charge in [0.2, 0.25) is 5.91 Å². The summed E-state index contributed by atoms with van der Waals surface area (Å²) in [5.74, 6) is 0.428. The minimum absolute atomic E-state index is 0.0444. The molecule has 1 amide bonds. The number of piperidine rings is 1. The van der Waals surface area contributed by atoms with Crippen molar-refractivity contribution < 1.29 is 9.90 Å². The average Bonchev–Trinajstić information content (AvgIpc) is 2.36. The van der Waals surface area contributed by atoms with Crippen molar-refractivity contribution in [2.45, 2.75) is 19.3 Å². The lowest BCUT2D eigenvalue weighted by molar-refractivity contribution is -0.117. The fraction of sp³-hybridized carbons (Fsp3) is 0.462. The maximum absolute atomic E-state index is 11.9. The molecule has 0 aliphatic carbocycles. The average molecular weight is 313 g/mol. The molecule has 0 aromatic heterocycles. The minimum Gasteiger partial charge on any atom is -0.505 e. The van der Waals surface area contributed by atoms with Crippen LogP contribution in [0.15, 0.2) is 22.7 Å². The van der Waals surface area contributed by atoms with Crippen molar-refractivity contribution in [3.05, 3.63) is 22.7 Å². The van der Waals surface area contributed by atoms with Gasteiger partial charge in [0.15, 0.2) is 5.75 Å². The van der Waals surface area contributed by atoms with Crippen LogP contribution in [-0.4, -0.2) is 24.1 Å². The zero-order valence-electron chi connectivity index (χ0n) is 10.1. The molecule has 1 aliphatic rings. The molecule has 1 unspecified atom stereocenters. The Labute approximate surface area is 115 Å². The molecule has 2 rings (SSSR count). The summed E-state index contributed by atoms with van der Waals surface area (Å²) in [7, 11) is 0. The Balaban J connectivity index is 1.92. The standard InChI is InChI=1S/C13H17BrN2O2/c14-10-4-1-5-11(13(10)18)16-12(17)7-9-3-2-6-15-8-9/h1,4-5,9,15,18H,2-3,6-8H2,(H,16,17). The van der Waals surface area contributed by atoms with Gasteiger partial charge in [-0.1, -0.05) is 6.07 Å². The number of halogens is 1. The van der Waals surface area contributed by atoms with Crippen LogP contribution in [-0.2, 0) is 4.79 Å². The van der Waals surface area contributed by atoms with E-state index in [9.17, 15) is 9.90 Å². The molecule has 1 atom stereocenters. The number of benzene rings is 1. The Kier molecular flexibility index (Phi) is 4.60. The molecule has 98 valence electrons. The van der Waals surface area contributed by atoms with E-state index in [0.717, 1.165) is 25.9 Å². The van der Waals surface area contributed by atoms with E-state index < -0.39 is 0 Å². The number of para-hydroxylation sites is 1. The molecule has 1 aromatic carbocycles. The summed E-state index contributed by atoms with van der Waals surface area (Å²) in [5.41, 5.74) is 0.457. The number of rotatable bonds is 3. The van der Waals surface area contributed by atoms with E-state index in [1.807, 2.05) is 0 Å². The maximum Gasteiger partial charge on any atom is 0.224 e. The Morgan fingerprint density at radius 3 is 3.11 bits per heavy atom. The minimum atomic E-state index is -0.0444. The lowest BCUT2D eigenvalue weighted by Gasteiger charge is -2.22. The first-order valence-electron chi connectivity index (χ1n) is 6.15. The SMILES string of the molecule is O=C(CC1CCCNC1)Nc1cccc(Br)c1O. The van der Waals surface area contributed by atoms with Crippen LogP contribution in [0, 0.1) is 5.92 Å². The van der Waals surface area contributed by atoms with Crippen molar-refractivity contribution in [3.8, 4) is 5.75 Å². The zero-order valence-corrected chi connectivity index (χ0v) is 11.7. The lowest BCUT2D eigenvalue weighted by atomic mass is 9.96. The Bertz CT molecular complexity index is 431. The van der Waals surface area contributed by atoms with Crippen LogP contribution in [0.5, 0.6) is 5.75 Å². The van der Waals surface area contributed by atoms with E-state index in [-0.39, 0.29) is 11.7 Å². The Hall–Kier alpha value is -1.07. The normalized spacial score (nSPS) is 19.5. The predicted octanol–water partition coefficient (Wildman–Crippen LogP) is 2.48. The third-order valence-electron chi connectivity index (χ3n) is 3.13. The number of hydrogen-bond donors (Lipinski definition) is 3. The second-order valence-electron chi connectivity index (χ2n) is 4.60. The molecule has 1 aromatic rings. The van der Waals surface area contributed by atoms with E-state index in [0.29, 0.717) is 22.5 Å². The number of carbonyl (C=O) groups is 1. The van der Waals surface area contributed by atoms with Crippen LogP contribution < -0.4 is 10.6 Å². The van der Waals surface area contributed by atoms with E-state index in [1.165, 1.54) is 0 Å². The molecular formula is C13H17BrN2O2. The molecule has 1 fully saturated rings. The van der Waals surface area contributed by atoms with Gasteiger partial charge in [-0.15, -0.1) is 0 Å². The van der Waals surface area contributed by atoms with Gasteiger partial charge in [-0.2, -0.15) is 0 Å². The first-order valence-corrected chi connectivity index (χ1v) is 6.94. The molecular weight excluding hydrogens is 296 g/mol. The van der Waals surface area contributed by atoms with Crippen LogP contribution in [0.25, 0.3) is 0 Å². The van der Waals surface area contributed by atoms with Crippen molar-refractivity contribution in [1.29, 1.82) is 0 Å². The van der Waals surface area contributed by atoms with Gasteiger partial charge in [0, 0.05) is 6.42 Å². The Morgan fingerprint density at radius 1 is 1.56 bits per heavy atom. The summed E-state index contributed by atoms with van der Waals surface area (Å²) in [6.45, 7) is 1.95. The molecule has 3 N–H and O–H groups in total. The van der Waals surface area contributed by atoms with Crippen LogP contribution >= 0.6 is 15.9 Å². The molecule has 1 aliphatic heterocycles. The van der Waals surface area contributed by atoms with E-state index in [2.05, 4.69) is 26.6 Å². The molecule has 0 saturated carbocycles. The lowest BCUT2D eigenvalue weighted by Crippen LogP contribution is -2.32. The highest BCUT2D eigenvalue weighted by molar-refractivity contribution is 9.10. The molecule has 0 bridgehead atoms. The van der Waals surface area contributed by atoms with Crippen molar-refractivity contribution in [1.82, 2.24) is 5.32 Å². The summed E-state index contributed by atoms with van der Waals surface area (Å²) in [6.07, 6.45) is 2.71. The number of hydrogen-bond acceptors (Lipinski definition) is 3. The second kappa shape index (κ2) is 6.20. The van der Waals surface area contributed by atoms with Crippen LogP contribution in [0.3, 0.4) is 0 Å². The first-order chi connectivity index (χ1) is 8.66. The fourth-order valence-electron chi connectivity index (χ4n) is 2.18. The molecule has 0 radical (unpaired) electrons. The third-order valence-corrected chi connectivity index (χ3v) is 3.77. The number of amides is 1. The molecule has 5 heteroatoms. The third kappa shape index (κ3) is 3.46. The zero-order chi connectivity index (χ0) is 13.0. The van der Waals surface area contributed by atoms with Crippen LogP contribution in [0.1, 0.15) is 19.3 Å². The van der Waals surface area contributed by atoms with Gasteiger partial charge in [-0.3, -0.25) is 4.79 Å². The van der Waals surface area contributed by atoms with Gasteiger partial charge in [-0.05, 0) is 59.9 Å². The number of phenolic OH excluding ortho intramolecular Hbond substituents is 1. The topological polar surface area (TPSA) is 61.4 Å². The number of carbonyl (C=O) groups excluding carboxylic acids is 1. The summed E-state index contributed by atoms with van der Waals surface area (Å²) >= 11 is 3.22. The molecule has 1 saturated heterocycles. The van der Waals surface area contributed by atoms with E-state index in [4.69, 9.17) is 0 Å². The van der Waals surface area contributed by atoms with Crippen molar-refractivity contribution in [2.24, 2.45) is 5.92 Å². The van der Waals surface area contributed by atoms with Crippen LogP contribution in [0.2, 0.25) is 0 Å². The van der Waals surface area contributed by atoms with Crippen molar-refractivity contribution in [3.63, 3.8) is 0 Å². The van der Waals surface area contributed by atoms with Crippen molar-refractivity contribution in [2.75, 3.05) is 18.4 Å². The maximum atomic E-state index is 11.9. The number of phenols is 1. The largest absolute Gasteiger partial charge is 0.505 e. The highest BCUT2D eigenvalue weighted by Crippen LogP contribution is 2.31. The summed E-state index contributed by atoms with van der Waals surface area (Å²) < 4.78 is 0.583.